The standard InChI is InChI=1S/C7H14O7/c1-13-7(12)3(2-8)14-6(11)4(9)5(7)10/h3-6,8-12H,2H2,1H3/t3-,4-,5-,6?,7+/m1/s1. The van der Waals surface area contributed by atoms with Crippen LogP contribution >= 0.6 is 0 Å². The summed E-state index contributed by atoms with van der Waals surface area (Å²) < 4.78 is 9.21. The van der Waals surface area contributed by atoms with Gasteiger partial charge >= 0.3 is 0 Å². The molecule has 5 N–H and O–H groups in total. The monoisotopic (exact) mass is 210 g/mol. The summed E-state index contributed by atoms with van der Waals surface area (Å²) in [6.07, 6.45) is -6.44. The van der Waals surface area contributed by atoms with Gasteiger partial charge in [-0.15, -0.1) is 0 Å². The van der Waals surface area contributed by atoms with Gasteiger partial charge in [0.15, 0.2) is 6.29 Å². The van der Waals surface area contributed by atoms with Crippen LogP contribution in [0.15, 0.2) is 0 Å². The fourth-order valence-electron chi connectivity index (χ4n) is 1.36. The van der Waals surface area contributed by atoms with Gasteiger partial charge < -0.3 is 35.0 Å². The topological polar surface area (TPSA) is 120 Å². The highest BCUT2D eigenvalue weighted by molar-refractivity contribution is 4.95. The second kappa shape index (κ2) is 4.07. The number of aliphatic hydroxyl groups excluding tert-OH is 4. The third-order valence-corrected chi connectivity index (χ3v) is 2.30. The highest BCUT2D eigenvalue weighted by Gasteiger charge is 2.54. The Bertz CT molecular complexity index is 194. The molecule has 0 saturated carbocycles. The summed E-state index contributed by atoms with van der Waals surface area (Å²) in [6.45, 7) is -0.662. The first kappa shape index (κ1) is 11.8. The molecule has 84 valence electrons. The third kappa shape index (κ3) is 1.63. The van der Waals surface area contributed by atoms with Crippen molar-refractivity contribution in [2.24, 2.45) is 0 Å². The van der Waals surface area contributed by atoms with Gasteiger partial charge in [-0.2, -0.15) is 0 Å². The van der Waals surface area contributed by atoms with E-state index in [1.165, 1.54) is 0 Å². The van der Waals surface area contributed by atoms with Crippen molar-refractivity contribution in [2.75, 3.05) is 13.7 Å². The Hall–Kier alpha value is -0.280. The predicted molar refractivity (Wildman–Crippen MR) is 41.9 cm³/mol. The minimum atomic E-state index is -2.23. The molecule has 0 amide bonds. The van der Waals surface area contributed by atoms with Gasteiger partial charge in [-0.3, -0.25) is 0 Å². The third-order valence-electron chi connectivity index (χ3n) is 2.30. The second-order valence-corrected chi connectivity index (χ2v) is 3.09. The van der Waals surface area contributed by atoms with Gasteiger partial charge in [0.05, 0.1) is 6.61 Å². The normalized spacial score (nSPS) is 49.3. The summed E-state index contributed by atoms with van der Waals surface area (Å²) in [5.41, 5.74) is 0. The minimum absolute atomic E-state index is 0.662. The van der Waals surface area contributed by atoms with Crippen LogP contribution in [0.5, 0.6) is 0 Å². The lowest BCUT2D eigenvalue weighted by molar-refractivity contribution is -0.386. The van der Waals surface area contributed by atoms with Crippen molar-refractivity contribution in [1.29, 1.82) is 0 Å². The second-order valence-electron chi connectivity index (χ2n) is 3.09. The first-order valence-corrected chi connectivity index (χ1v) is 4.05. The molecular formula is C7H14O7. The molecule has 0 aromatic heterocycles. The molecule has 0 aromatic carbocycles. The maximum atomic E-state index is 9.67. The van der Waals surface area contributed by atoms with Gasteiger partial charge in [0.2, 0.25) is 5.79 Å². The Kier molecular flexibility index (Phi) is 3.43. The van der Waals surface area contributed by atoms with Gasteiger partial charge in [-0.1, -0.05) is 0 Å². The Morgan fingerprint density at radius 3 is 2.36 bits per heavy atom. The van der Waals surface area contributed by atoms with Crippen molar-refractivity contribution in [3.8, 4) is 0 Å². The van der Waals surface area contributed by atoms with Crippen molar-refractivity contribution in [3.05, 3.63) is 0 Å². The largest absolute Gasteiger partial charge is 0.393 e. The Labute approximate surface area is 80.1 Å². The van der Waals surface area contributed by atoms with Gasteiger partial charge in [0, 0.05) is 7.11 Å². The van der Waals surface area contributed by atoms with Crippen molar-refractivity contribution in [2.45, 2.75) is 30.4 Å². The molecular weight excluding hydrogens is 196 g/mol. The number of aliphatic hydroxyl groups is 5. The molecule has 1 heterocycles. The van der Waals surface area contributed by atoms with Crippen LogP contribution in [0.2, 0.25) is 0 Å². The highest BCUT2D eigenvalue weighted by Crippen LogP contribution is 2.29. The van der Waals surface area contributed by atoms with Crippen LogP contribution in [0.4, 0.5) is 0 Å². The molecule has 1 aliphatic heterocycles. The van der Waals surface area contributed by atoms with Crippen molar-refractivity contribution in [3.63, 3.8) is 0 Å². The van der Waals surface area contributed by atoms with Crippen molar-refractivity contribution in [1.82, 2.24) is 0 Å². The maximum Gasteiger partial charge on any atom is 0.224 e. The molecule has 0 spiro atoms. The summed E-state index contributed by atoms with van der Waals surface area (Å²) in [6, 6.07) is 0. The summed E-state index contributed by atoms with van der Waals surface area (Å²) in [5.74, 6) is -2.23. The lowest BCUT2D eigenvalue weighted by Gasteiger charge is -2.45. The highest BCUT2D eigenvalue weighted by atomic mass is 16.7. The first-order valence-electron chi connectivity index (χ1n) is 4.05. The Morgan fingerprint density at radius 2 is 1.93 bits per heavy atom. The van der Waals surface area contributed by atoms with E-state index < -0.39 is 37.0 Å². The fraction of sp³-hybridized carbons (Fsp3) is 1.00. The van der Waals surface area contributed by atoms with Gasteiger partial charge in [-0.25, -0.2) is 0 Å². The maximum absolute atomic E-state index is 9.67. The molecule has 5 atom stereocenters. The molecule has 1 rings (SSSR count). The smallest absolute Gasteiger partial charge is 0.224 e. The molecule has 0 aliphatic carbocycles. The minimum Gasteiger partial charge on any atom is -0.393 e. The Morgan fingerprint density at radius 1 is 1.36 bits per heavy atom. The molecule has 0 bridgehead atoms. The summed E-state index contributed by atoms with van der Waals surface area (Å²) in [4.78, 5) is 0. The number of hydrogen-bond acceptors (Lipinski definition) is 7. The molecule has 7 nitrogen and oxygen atoms in total. The number of hydrogen-bond donors (Lipinski definition) is 5. The number of rotatable bonds is 2. The molecule has 1 saturated heterocycles. The zero-order valence-corrected chi connectivity index (χ0v) is 7.57. The average Bonchev–Trinajstić information content (AvgIpc) is 2.20. The van der Waals surface area contributed by atoms with E-state index in [4.69, 9.17) is 10.2 Å². The van der Waals surface area contributed by atoms with Crippen LogP contribution in [0.25, 0.3) is 0 Å². The van der Waals surface area contributed by atoms with Crippen LogP contribution in [0.3, 0.4) is 0 Å². The van der Waals surface area contributed by atoms with E-state index in [1.807, 2.05) is 0 Å². The van der Waals surface area contributed by atoms with E-state index in [2.05, 4.69) is 9.47 Å². The van der Waals surface area contributed by atoms with E-state index in [0.717, 1.165) is 7.11 Å². The molecule has 7 heteroatoms. The SMILES string of the molecule is CO[C@]1(O)[C@H](O)[C@@H](O)C(O)O[C@@H]1CO. The number of ether oxygens (including phenoxy) is 2. The van der Waals surface area contributed by atoms with Crippen LogP contribution in [-0.2, 0) is 9.47 Å². The first-order chi connectivity index (χ1) is 6.47. The lowest BCUT2D eigenvalue weighted by atomic mass is 9.95. The summed E-state index contributed by atoms with van der Waals surface area (Å²) in [5, 5.41) is 46.1. The van der Waals surface area contributed by atoms with E-state index in [0.29, 0.717) is 0 Å². The molecule has 1 unspecified atom stereocenters. The van der Waals surface area contributed by atoms with E-state index >= 15 is 0 Å². The van der Waals surface area contributed by atoms with E-state index in [1.54, 1.807) is 0 Å². The Balaban J connectivity index is 2.89. The van der Waals surface area contributed by atoms with Crippen LogP contribution < -0.4 is 0 Å². The zero-order valence-electron chi connectivity index (χ0n) is 7.57. The van der Waals surface area contributed by atoms with Gasteiger partial charge in [0.25, 0.3) is 0 Å². The lowest BCUT2D eigenvalue weighted by Crippen LogP contribution is -2.67. The number of methoxy groups -OCH3 is 1. The van der Waals surface area contributed by atoms with Gasteiger partial charge in [-0.05, 0) is 0 Å². The van der Waals surface area contributed by atoms with Crippen LogP contribution in [0, 0.1) is 0 Å². The van der Waals surface area contributed by atoms with Crippen LogP contribution in [-0.4, -0.2) is 69.6 Å². The van der Waals surface area contributed by atoms with Crippen molar-refractivity contribution < 1.29 is 35.0 Å². The molecule has 1 aliphatic rings. The molecule has 0 radical (unpaired) electrons. The zero-order chi connectivity index (χ0) is 10.9. The molecule has 14 heavy (non-hydrogen) atoms. The predicted octanol–water partition coefficient (Wildman–Crippen LogP) is -3.25. The molecule has 0 aromatic rings. The quantitative estimate of drug-likeness (QED) is 0.304. The van der Waals surface area contributed by atoms with E-state index in [9.17, 15) is 15.3 Å². The molecule has 1 fully saturated rings. The fourth-order valence-corrected chi connectivity index (χ4v) is 1.36. The average molecular weight is 210 g/mol. The van der Waals surface area contributed by atoms with Crippen LogP contribution in [0.1, 0.15) is 0 Å². The van der Waals surface area contributed by atoms with E-state index in [-0.39, 0.29) is 0 Å². The van der Waals surface area contributed by atoms with Gasteiger partial charge in [0.1, 0.15) is 18.3 Å². The summed E-state index contributed by atoms with van der Waals surface area (Å²) >= 11 is 0. The summed E-state index contributed by atoms with van der Waals surface area (Å²) in [7, 11) is 1.08. The van der Waals surface area contributed by atoms with Crippen molar-refractivity contribution >= 4 is 0 Å².